The highest BCUT2D eigenvalue weighted by Gasteiger charge is 2.14. The number of fused-ring (bicyclic) bond motifs is 1. The lowest BCUT2D eigenvalue weighted by Crippen LogP contribution is -1.87. The Kier molecular flexibility index (Phi) is 4.03. The number of benzene rings is 1. The topological polar surface area (TPSA) is 52.1 Å². The van der Waals surface area contributed by atoms with Crippen LogP contribution in [0.15, 0.2) is 44.4 Å². The molecule has 0 fully saturated rings. The minimum absolute atomic E-state index is 0.425. The SMILES string of the molecule is CC(C)CSSc1nnc(-c2cc3ccccc3o2)o1. The summed E-state index contributed by atoms with van der Waals surface area (Å²) in [5, 5.41) is 9.65. The van der Waals surface area contributed by atoms with Crippen molar-refractivity contribution < 1.29 is 8.83 Å². The highest BCUT2D eigenvalue weighted by molar-refractivity contribution is 8.76. The molecule has 20 heavy (non-hydrogen) atoms. The van der Waals surface area contributed by atoms with E-state index in [4.69, 9.17) is 8.83 Å². The Morgan fingerprint density at radius 1 is 1.15 bits per heavy atom. The average molecular weight is 306 g/mol. The molecule has 3 aromatic rings. The highest BCUT2D eigenvalue weighted by atomic mass is 33.1. The number of nitrogens with zero attached hydrogens (tertiary/aromatic N) is 2. The molecule has 0 amide bonds. The van der Waals surface area contributed by atoms with Gasteiger partial charge in [0.15, 0.2) is 5.76 Å². The van der Waals surface area contributed by atoms with Gasteiger partial charge in [-0.05, 0) is 18.1 Å². The molecule has 0 radical (unpaired) electrons. The Hall–Kier alpha value is -1.40. The van der Waals surface area contributed by atoms with Gasteiger partial charge < -0.3 is 8.83 Å². The van der Waals surface area contributed by atoms with Crippen LogP contribution in [0, 0.1) is 5.92 Å². The van der Waals surface area contributed by atoms with Crippen molar-refractivity contribution in [3.05, 3.63) is 30.3 Å². The second-order valence-electron chi connectivity index (χ2n) is 4.78. The molecule has 104 valence electrons. The molecule has 0 aliphatic rings. The van der Waals surface area contributed by atoms with E-state index in [2.05, 4.69) is 24.0 Å². The van der Waals surface area contributed by atoms with Crippen molar-refractivity contribution >= 4 is 32.6 Å². The van der Waals surface area contributed by atoms with Gasteiger partial charge >= 0.3 is 0 Å². The predicted octanol–water partition coefficient (Wildman–Crippen LogP) is 4.88. The number of hydrogen-bond acceptors (Lipinski definition) is 6. The third kappa shape index (κ3) is 3.02. The van der Waals surface area contributed by atoms with E-state index < -0.39 is 0 Å². The summed E-state index contributed by atoms with van der Waals surface area (Å²) in [4.78, 5) is 0. The van der Waals surface area contributed by atoms with Crippen LogP contribution in [0.1, 0.15) is 13.8 Å². The average Bonchev–Trinajstić information content (AvgIpc) is 3.03. The highest BCUT2D eigenvalue weighted by Crippen LogP contribution is 2.34. The number of rotatable bonds is 5. The zero-order valence-corrected chi connectivity index (χ0v) is 12.8. The summed E-state index contributed by atoms with van der Waals surface area (Å²) in [6.07, 6.45) is 0. The Balaban J connectivity index is 1.75. The zero-order chi connectivity index (χ0) is 13.9. The molecule has 0 saturated heterocycles. The molecular formula is C14H14N2O2S2. The van der Waals surface area contributed by atoms with Gasteiger partial charge in [-0.15, -0.1) is 5.10 Å². The molecule has 0 aliphatic carbocycles. The predicted molar refractivity (Wildman–Crippen MR) is 82.7 cm³/mol. The number of hydrogen-bond donors (Lipinski definition) is 0. The van der Waals surface area contributed by atoms with Crippen molar-refractivity contribution in [1.29, 1.82) is 0 Å². The largest absolute Gasteiger partial charge is 0.451 e. The maximum atomic E-state index is 5.70. The summed E-state index contributed by atoms with van der Waals surface area (Å²) in [5.74, 6) is 2.73. The van der Waals surface area contributed by atoms with Crippen LogP contribution in [0.3, 0.4) is 0 Å². The third-order valence-corrected chi connectivity index (χ3v) is 4.99. The van der Waals surface area contributed by atoms with Gasteiger partial charge in [-0.1, -0.05) is 47.9 Å². The van der Waals surface area contributed by atoms with Gasteiger partial charge in [0.25, 0.3) is 11.1 Å². The lowest BCUT2D eigenvalue weighted by molar-refractivity contribution is 0.453. The van der Waals surface area contributed by atoms with Crippen LogP contribution in [0.25, 0.3) is 22.6 Å². The van der Waals surface area contributed by atoms with Crippen LogP contribution in [0.2, 0.25) is 0 Å². The van der Waals surface area contributed by atoms with Crippen LogP contribution in [-0.2, 0) is 0 Å². The van der Waals surface area contributed by atoms with Gasteiger partial charge in [0, 0.05) is 21.9 Å². The van der Waals surface area contributed by atoms with Gasteiger partial charge in [-0.3, -0.25) is 0 Å². The van der Waals surface area contributed by atoms with E-state index in [0.29, 0.717) is 22.8 Å². The van der Waals surface area contributed by atoms with Crippen molar-refractivity contribution in [2.24, 2.45) is 5.92 Å². The van der Waals surface area contributed by atoms with Gasteiger partial charge in [0.05, 0.1) is 0 Å². The van der Waals surface area contributed by atoms with E-state index in [1.165, 1.54) is 10.8 Å². The van der Waals surface area contributed by atoms with Crippen molar-refractivity contribution in [3.8, 4) is 11.7 Å². The number of para-hydroxylation sites is 1. The second-order valence-corrected chi connectivity index (χ2v) is 7.08. The third-order valence-electron chi connectivity index (χ3n) is 2.57. The minimum Gasteiger partial charge on any atom is -0.451 e. The summed E-state index contributed by atoms with van der Waals surface area (Å²) in [5.41, 5.74) is 0.823. The first-order chi connectivity index (χ1) is 9.72. The fourth-order valence-electron chi connectivity index (χ4n) is 1.65. The van der Waals surface area contributed by atoms with Gasteiger partial charge in [0.1, 0.15) is 5.58 Å². The number of aromatic nitrogens is 2. The molecule has 4 nitrogen and oxygen atoms in total. The van der Waals surface area contributed by atoms with E-state index in [9.17, 15) is 0 Å². The molecule has 0 spiro atoms. The quantitative estimate of drug-likeness (QED) is 0.626. The molecule has 2 aromatic heterocycles. The molecule has 6 heteroatoms. The number of furan rings is 1. The Morgan fingerprint density at radius 3 is 2.80 bits per heavy atom. The maximum Gasteiger partial charge on any atom is 0.287 e. The molecule has 0 aliphatic heterocycles. The van der Waals surface area contributed by atoms with Crippen LogP contribution >= 0.6 is 21.6 Å². The lowest BCUT2D eigenvalue weighted by atomic mass is 10.2. The normalized spacial score (nSPS) is 11.6. The summed E-state index contributed by atoms with van der Waals surface area (Å²) in [6, 6.07) is 9.74. The van der Waals surface area contributed by atoms with E-state index >= 15 is 0 Å². The van der Waals surface area contributed by atoms with Gasteiger partial charge in [0.2, 0.25) is 0 Å². The molecule has 1 aromatic carbocycles. The first-order valence-corrected chi connectivity index (χ1v) is 8.66. The molecule has 2 heterocycles. The first kappa shape index (κ1) is 13.6. The van der Waals surface area contributed by atoms with Crippen molar-refractivity contribution in [1.82, 2.24) is 10.2 Å². The fraction of sp³-hybridized carbons (Fsp3) is 0.286. The minimum atomic E-state index is 0.425. The molecule has 0 saturated carbocycles. The maximum absolute atomic E-state index is 5.70. The summed E-state index contributed by atoms with van der Waals surface area (Å²) in [6.45, 7) is 4.36. The second kappa shape index (κ2) is 5.93. The molecule has 0 N–H and O–H groups in total. The van der Waals surface area contributed by atoms with Crippen molar-refractivity contribution in [3.63, 3.8) is 0 Å². The Labute approximate surface area is 124 Å². The van der Waals surface area contributed by atoms with E-state index in [0.717, 1.165) is 16.7 Å². The summed E-state index contributed by atoms with van der Waals surface area (Å²) < 4.78 is 11.3. The van der Waals surface area contributed by atoms with Crippen LogP contribution in [0.4, 0.5) is 0 Å². The fourth-order valence-corrected chi connectivity index (χ4v) is 3.80. The molecule has 0 unspecified atom stereocenters. The molecule has 3 rings (SSSR count). The summed E-state index contributed by atoms with van der Waals surface area (Å²) >= 11 is 0. The summed E-state index contributed by atoms with van der Waals surface area (Å²) in [7, 11) is 3.22. The zero-order valence-electron chi connectivity index (χ0n) is 11.2. The Morgan fingerprint density at radius 2 is 2.00 bits per heavy atom. The van der Waals surface area contributed by atoms with Crippen LogP contribution < -0.4 is 0 Å². The van der Waals surface area contributed by atoms with E-state index in [1.54, 1.807) is 10.8 Å². The van der Waals surface area contributed by atoms with Crippen molar-refractivity contribution in [2.75, 3.05) is 5.75 Å². The van der Waals surface area contributed by atoms with Crippen molar-refractivity contribution in [2.45, 2.75) is 19.1 Å². The van der Waals surface area contributed by atoms with Gasteiger partial charge in [-0.2, -0.15) is 0 Å². The molecular weight excluding hydrogens is 292 g/mol. The Bertz CT molecular complexity index is 673. The first-order valence-electron chi connectivity index (χ1n) is 6.34. The van der Waals surface area contributed by atoms with E-state index in [1.807, 2.05) is 30.3 Å². The van der Waals surface area contributed by atoms with Crippen LogP contribution in [-0.4, -0.2) is 16.0 Å². The smallest absolute Gasteiger partial charge is 0.287 e. The standard InChI is InChI=1S/C14H14N2O2S2/c1-9(2)8-19-20-14-16-15-13(18-14)12-7-10-5-3-4-6-11(10)17-12/h3-7,9H,8H2,1-2H3. The van der Waals surface area contributed by atoms with Gasteiger partial charge in [-0.25, -0.2) is 0 Å². The lowest BCUT2D eigenvalue weighted by Gasteiger charge is -1.99. The monoisotopic (exact) mass is 306 g/mol. The van der Waals surface area contributed by atoms with Crippen LogP contribution in [0.5, 0.6) is 0 Å². The molecule has 0 atom stereocenters. The van der Waals surface area contributed by atoms with E-state index in [-0.39, 0.29) is 0 Å². The molecule has 0 bridgehead atoms.